The van der Waals surface area contributed by atoms with Crippen LogP contribution < -0.4 is 15.8 Å². The van der Waals surface area contributed by atoms with Gasteiger partial charge in [-0.25, -0.2) is 4.79 Å². The molecule has 1 saturated heterocycles. The third-order valence-electron chi connectivity index (χ3n) is 7.40. The molecule has 1 aliphatic heterocycles. The summed E-state index contributed by atoms with van der Waals surface area (Å²) in [6.45, 7) is 3.50. The van der Waals surface area contributed by atoms with E-state index in [9.17, 15) is 14.4 Å². The molecule has 0 aliphatic carbocycles. The van der Waals surface area contributed by atoms with E-state index in [2.05, 4.69) is 5.32 Å². The molecule has 3 amide bonds. The summed E-state index contributed by atoms with van der Waals surface area (Å²) < 4.78 is 11.0. The van der Waals surface area contributed by atoms with Crippen molar-refractivity contribution in [2.45, 2.75) is 26.4 Å². The zero-order chi connectivity index (χ0) is 28.2. The molecule has 210 valence electrons. The molecule has 0 bridgehead atoms. The molecule has 1 fully saturated rings. The topological polar surface area (TPSA) is 135 Å². The highest BCUT2D eigenvalue weighted by Gasteiger charge is 2.61. The van der Waals surface area contributed by atoms with Gasteiger partial charge < -0.3 is 20.5 Å². The summed E-state index contributed by atoms with van der Waals surface area (Å²) in [4.78, 5) is 40.5. The molecular weight excluding hydrogens is 532 g/mol. The van der Waals surface area contributed by atoms with E-state index in [1.807, 2.05) is 54.6 Å². The maximum absolute atomic E-state index is 13.5. The van der Waals surface area contributed by atoms with Crippen LogP contribution in [0.25, 0.3) is 11.1 Å². The molecule has 3 aromatic carbocycles. The van der Waals surface area contributed by atoms with Crippen molar-refractivity contribution in [1.82, 2.24) is 10.2 Å². The number of nitrogens with one attached hydrogen (secondary N) is 2. The number of halogens is 1. The van der Waals surface area contributed by atoms with Crippen LogP contribution in [0.5, 0.6) is 5.75 Å². The van der Waals surface area contributed by atoms with Gasteiger partial charge in [-0.1, -0.05) is 73.7 Å². The molecule has 3 atom stereocenters. The SMILES string of the molecule is COC(=O)[C@]1(C)C(=O)N(C(=O)NCc2ccccc2)[C@H](COc2ccc(-c3ccc(C(=N)N)cc3)cc2)C1C.Cl. The molecule has 9 nitrogen and oxygen atoms in total. The van der Waals surface area contributed by atoms with Crippen LogP contribution in [0.3, 0.4) is 0 Å². The number of carbonyl (C=O) groups excluding carboxylic acids is 3. The smallest absolute Gasteiger partial charge is 0.324 e. The van der Waals surface area contributed by atoms with Crippen molar-refractivity contribution in [3.05, 3.63) is 90.0 Å². The van der Waals surface area contributed by atoms with Crippen LogP contribution in [0.15, 0.2) is 78.9 Å². The minimum absolute atomic E-state index is 0. The van der Waals surface area contributed by atoms with E-state index in [0.29, 0.717) is 11.3 Å². The fraction of sp³-hybridized carbons (Fsp3) is 0.267. The Labute approximate surface area is 239 Å². The van der Waals surface area contributed by atoms with Gasteiger partial charge in [-0.15, -0.1) is 12.4 Å². The van der Waals surface area contributed by atoms with Crippen molar-refractivity contribution >= 4 is 36.2 Å². The predicted octanol–water partition coefficient (Wildman–Crippen LogP) is 4.37. The number of benzene rings is 3. The van der Waals surface area contributed by atoms with E-state index in [-0.39, 0.29) is 31.4 Å². The fourth-order valence-electron chi connectivity index (χ4n) is 4.78. The van der Waals surface area contributed by atoms with E-state index in [1.54, 1.807) is 31.2 Å². The molecule has 4 rings (SSSR count). The number of amides is 3. The van der Waals surface area contributed by atoms with Gasteiger partial charge in [0.15, 0.2) is 0 Å². The first-order valence-electron chi connectivity index (χ1n) is 12.6. The number of nitrogens with two attached hydrogens (primary N) is 1. The number of likely N-dealkylation sites (tertiary alicyclic amines) is 1. The maximum atomic E-state index is 13.5. The van der Waals surface area contributed by atoms with Crippen molar-refractivity contribution in [3.8, 4) is 16.9 Å². The predicted molar refractivity (Wildman–Crippen MR) is 154 cm³/mol. The van der Waals surface area contributed by atoms with Gasteiger partial charge in [-0.05, 0) is 35.7 Å². The van der Waals surface area contributed by atoms with Crippen LogP contribution in [-0.4, -0.2) is 48.4 Å². The molecule has 4 N–H and O–H groups in total. The molecule has 0 spiro atoms. The minimum Gasteiger partial charge on any atom is -0.491 e. The third kappa shape index (κ3) is 5.94. The number of ether oxygens (including phenoxy) is 2. The van der Waals surface area contributed by atoms with Crippen LogP contribution in [0.2, 0.25) is 0 Å². The maximum Gasteiger partial charge on any atom is 0.324 e. The summed E-state index contributed by atoms with van der Waals surface area (Å²) in [5.41, 5.74) is 7.44. The van der Waals surface area contributed by atoms with Gasteiger partial charge >= 0.3 is 12.0 Å². The summed E-state index contributed by atoms with van der Waals surface area (Å²) in [5.74, 6) is -1.31. The summed E-state index contributed by atoms with van der Waals surface area (Å²) in [6, 6.07) is 22.8. The quantitative estimate of drug-likeness (QED) is 0.161. The zero-order valence-corrected chi connectivity index (χ0v) is 23.4. The third-order valence-corrected chi connectivity index (χ3v) is 7.40. The standard InChI is InChI=1S/C30H32N4O5.ClH/c1-19-25(18-39-24-15-13-22(14-16-24)21-9-11-23(12-10-21)26(31)32)34(27(35)30(19,2)28(36)38-3)29(37)33-17-20-7-5-4-6-8-20;/h4-16,19,25H,17-18H2,1-3H3,(H3,31,32)(H,33,37);1H/t19?,25-,30+;/m1./s1. The van der Waals surface area contributed by atoms with Crippen molar-refractivity contribution < 1.29 is 23.9 Å². The summed E-state index contributed by atoms with van der Waals surface area (Å²) in [6.07, 6.45) is 0. The van der Waals surface area contributed by atoms with Crippen molar-refractivity contribution in [3.63, 3.8) is 0 Å². The molecule has 1 unspecified atom stereocenters. The van der Waals surface area contributed by atoms with Crippen LogP contribution in [-0.2, 0) is 20.9 Å². The Morgan fingerprint density at radius 1 is 1.00 bits per heavy atom. The van der Waals surface area contributed by atoms with E-state index in [4.69, 9.17) is 20.6 Å². The lowest BCUT2D eigenvalue weighted by Crippen LogP contribution is -2.49. The number of carbonyl (C=O) groups is 3. The molecule has 1 heterocycles. The van der Waals surface area contributed by atoms with Crippen LogP contribution in [0.4, 0.5) is 4.79 Å². The number of nitrogens with zero attached hydrogens (tertiary/aromatic N) is 1. The monoisotopic (exact) mass is 564 g/mol. The lowest BCUT2D eigenvalue weighted by molar-refractivity contribution is -0.159. The largest absolute Gasteiger partial charge is 0.491 e. The summed E-state index contributed by atoms with van der Waals surface area (Å²) in [7, 11) is 1.23. The number of hydrogen-bond acceptors (Lipinski definition) is 6. The first-order valence-corrected chi connectivity index (χ1v) is 12.6. The van der Waals surface area contributed by atoms with Gasteiger partial charge in [-0.3, -0.25) is 19.9 Å². The normalized spacial score (nSPS) is 19.9. The number of methoxy groups -OCH3 is 1. The van der Waals surface area contributed by atoms with Crippen LogP contribution >= 0.6 is 12.4 Å². The Bertz CT molecular complexity index is 1370. The average molecular weight is 565 g/mol. The molecular formula is C30H33ClN4O5. The van der Waals surface area contributed by atoms with Crippen molar-refractivity contribution in [1.29, 1.82) is 5.41 Å². The number of esters is 1. The van der Waals surface area contributed by atoms with E-state index < -0.39 is 35.3 Å². The lowest BCUT2D eigenvalue weighted by Gasteiger charge is -2.26. The highest BCUT2D eigenvalue weighted by atomic mass is 35.5. The van der Waals surface area contributed by atoms with E-state index in [0.717, 1.165) is 21.6 Å². The Morgan fingerprint density at radius 2 is 1.57 bits per heavy atom. The molecule has 0 radical (unpaired) electrons. The second-order valence-corrected chi connectivity index (χ2v) is 9.70. The van der Waals surface area contributed by atoms with E-state index in [1.165, 1.54) is 14.0 Å². The lowest BCUT2D eigenvalue weighted by atomic mass is 9.78. The van der Waals surface area contributed by atoms with Crippen LogP contribution in [0, 0.1) is 16.7 Å². The van der Waals surface area contributed by atoms with E-state index >= 15 is 0 Å². The second-order valence-electron chi connectivity index (χ2n) is 9.70. The van der Waals surface area contributed by atoms with Gasteiger partial charge in [0, 0.05) is 18.0 Å². The summed E-state index contributed by atoms with van der Waals surface area (Å²) >= 11 is 0. The van der Waals surface area contributed by atoms with Gasteiger partial charge in [0.25, 0.3) is 0 Å². The van der Waals surface area contributed by atoms with Gasteiger partial charge in [-0.2, -0.15) is 0 Å². The highest BCUT2D eigenvalue weighted by molar-refractivity contribution is 6.10. The van der Waals surface area contributed by atoms with Crippen molar-refractivity contribution in [2.24, 2.45) is 17.1 Å². The number of nitrogen functional groups attached to an aromatic ring is 1. The number of rotatable bonds is 8. The first-order chi connectivity index (χ1) is 18.7. The molecule has 0 saturated carbocycles. The minimum atomic E-state index is -1.53. The molecule has 1 aliphatic rings. The second kappa shape index (κ2) is 12.7. The van der Waals surface area contributed by atoms with Crippen LogP contribution in [0.1, 0.15) is 25.0 Å². The first kappa shape index (κ1) is 30.2. The number of hydrogen-bond donors (Lipinski definition) is 3. The Balaban J connectivity index is 0.00000441. The molecule has 10 heteroatoms. The molecule has 40 heavy (non-hydrogen) atoms. The molecule has 3 aromatic rings. The average Bonchev–Trinajstić information content (AvgIpc) is 3.16. The molecule has 0 aromatic heterocycles. The summed E-state index contributed by atoms with van der Waals surface area (Å²) in [5, 5.41) is 10.3. The van der Waals surface area contributed by atoms with Gasteiger partial charge in [0.05, 0.1) is 13.2 Å². The number of imide groups is 1. The Hall–Kier alpha value is -4.37. The highest BCUT2D eigenvalue weighted by Crippen LogP contribution is 2.42. The number of urea groups is 1. The van der Waals surface area contributed by atoms with Gasteiger partial charge in [0.1, 0.15) is 23.6 Å². The van der Waals surface area contributed by atoms with Gasteiger partial charge in [0.2, 0.25) is 5.91 Å². The Kier molecular flexibility index (Phi) is 9.55. The van der Waals surface area contributed by atoms with Crippen molar-refractivity contribution in [2.75, 3.05) is 13.7 Å². The number of amidine groups is 1. The Morgan fingerprint density at radius 3 is 2.12 bits per heavy atom. The fourth-order valence-corrected chi connectivity index (χ4v) is 4.78. The zero-order valence-electron chi connectivity index (χ0n) is 22.5.